The number of hydrogen-bond donors (Lipinski definition) is 1. The molecule has 0 unspecified atom stereocenters. The van der Waals surface area contributed by atoms with Gasteiger partial charge in [-0.05, 0) is 13.0 Å². The number of nitrogens with two attached hydrogens (primary N) is 1. The maximum absolute atomic E-state index is 12.5. The van der Waals surface area contributed by atoms with Crippen LogP contribution in [0.1, 0.15) is 5.56 Å². The van der Waals surface area contributed by atoms with Gasteiger partial charge in [-0.3, -0.25) is 0 Å². The molecule has 2 nitrogen and oxygen atoms in total. The number of hydrogen-bond acceptors (Lipinski definition) is 2. The Balaban J connectivity index is 3.28. The lowest BCUT2D eigenvalue weighted by Crippen LogP contribution is -1.94. The van der Waals surface area contributed by atoms with E-state index in [2.05, 4.69) is 4.98 Å². The molecule has 0 spiro atoms. The molecule has 4 heteroatoms. The van der Waals surface area contributed by atoms with Crippen molar-refractivity contribution in [3.05, 3.63) is 22.7 Å². The van der Waals surface area contributed by atoms with E-state index in [-0.39, 0.29) is 5.15 Å². The predicted octanol–water partition coefficient (Wildman–Crippen LogP) is 1.76. The van der Waals surface area contributed by atoms with E-state index in [1.807, 2.05) is 0 Å². The van der Waals surface area contributed by atoms with Crippen LogP contribution >= 0.6 is 11.6 Å². The number of aryl methyl sites for hydroxylation is 1. The Morgan fingerprint density at radius 1 is 1.70 bits per heavy atom. The van der Waals surface area contributed by atoms with Crippen LogP contribution in [0.25, 0.3) is 0 Å². The second-order valence-corrected chi connectivity index (χ2v) is 2.33. The minimum atomic E-state index is -0.570. The fourth-order valence-corrected chi connectivity index (χ4v) is 0.720. The van der Waals surface area contributed by atoms with Crippen molar-refractivity contribution in [2.24, 2.45) is 0 Å². The van der Waals surface area contributed by atoms with Gasteiger partial charge in [-0.1, -0.05) is 11.6 Å². The van der Waals surface area contributed by atoms with Crippen molar-refractivity contribution in [3.8, 4) is 0 Å². The van der Waals surface area contributed by atoms with Crippen LogP contribution < -0.4 is 5.73 Å². The third-order valence-corrected chi connectivity index (χ3v) is 1.43. The van der Waals surface area contributed by atoms with E-state index in [1.165, 1.54) is 6.07 Å². The van der Waals surface area contributed by atoms with Crippen LogP contribution in [-0.4, -0.2) is 4.98 Å². The molecule has 0 radical (unpaired) electrons. The van der Waals surface area contributed by atoms with Crippen LogP contribution in [0.4, 0.5) is 10.1 Å². The van der Waals surface area contributed by atoms with Crippen molar-refractivity contribution in [1.82, 2.24) is 4.98 Å². The van der Waals surface area contributed by atoms with Gasteiger partial charge in [-0.15, -0.1) is 0 Å². The summed E-state index contributed by atoms with van der Waals surface area (Å²) < 4.78 is 12.5. The maximum atomic E-state index is 12.5. The van der Waals surface area contributed by atoms with Crippen LogP contribution in [0.3, 0.4) is 0 Å². The topological polar surface area (TPSA) is 38.9 Å². The van der Waals surface area contributed by atoms with E-state index in [4.69, 9.17) is 17.3 Å². The molecule has 1 aromatic heterocycles. The number of halogens is 2. The Labute approximate surface area is 62.8 Å². The van der Waals surface area contributed by atoms with Gasteiger partial charge in [-0.2, -0.15) is 4.39 Å². The zero-order chi connectivity index (χ0) is 7.72. The van der Waals surface area contributed by atoms with E-state index in [0.717, 1.165) is 0 Å². The highest BCUT2D eigenvalue weighted by Gasteiger charge is 2.02. The van der Waals surface area contributed by atoms with E-state index >= 15 is 0 Å². The number of rotatable bonds is 0. The number of pyridine rings is 1. The highest BCUT2D eigenvalue weighted by molar-refractivity contribution is 6.31. The van der Waals surface area contributed by atoms with Crippen molar-refractivity contribution >= 4 is 17.3 Å². The number of anilines is 1. The van der Waals surface area contributed by atoms with Crippen LogP contribution in [-0.2, 0) is 0 Å². The molecule has 0 aliphatic rings. The van der Waals surface area contributed by atoms with Crippen molar-refractivity contribution in [3.63, 3.8) is 0 Å². The summed E-state index contributed by atoms with van der Waals surface area (Å²) in [7, 11) is 0. The molecule has 1 rings (SSSR count). The average molecular weight is 161 g/mol. The van der Waals surface area contributed by atoms with Crippen molar-refractivity contribution in [1.29, 1.82) is 0 Å². The first kappa shape index (κ1) is 7.28. The first-order chi connectivity index (χ1) is 4.61. The van der Waals surface area contributed by atoms with Gasteiger partial charge in [-0.25, -0.2) is 4.98 Å². The van der Waals surface area contributed by atoms with E-state index < -0.39 is 5.95 Å². The normalized spacial score (nSPS) is 9.90. The Bertz CT molecular complexity index is 212. The third kappa shape index (κ3) is 1.19. The maximum Gasteiger partial charge on any atom is 0.217 e. The van der Waals surface area contributed by atoms with Gasteiger partial charge in [0.05, 0.1) is 5.69 Å². The Morgan fingerprint density at radius 2 is 2.30 bits per heavy atom. The van der Waals surface area contributed by atoms with Gasteiger partial charge >= 0.3 is 0 Å². The van der Waals surface area contributed by atoms with Gasteiger partial charge in [0.1, 0.15) is 0 Å². The van der Waals surface area contributed by atoms with E-state index in [0.29, 0.717) is 11.3 Å². The van der Waals surface area contributed by atoms with Crippen LogP contribution in [0, 0.1) is 12.9 Å². The zero-order valence-electron chi connectivity index (χ0n) is 5.36. The largest absolute Gasteiger partial charge is 0.396 e. The number of nitrogens with zero attached hydrogens (tertiary/aromatic N) is 1. The summed E-state index contributed by atoms with van der Waals surface area (Å²) in [5.74, 6) is -0.570. The van der Waals surface area contributed by atoms with E-state index in [9.17, 15) is 4.39 Å². The molecule has 1 aromatic rings. The lowest BCUT2D eigenvalue weighted by atomic mass is 10.3. The molecule has 0 fully saturated rings. The Kier molecular flexibility index (Phi) is 1.76. The van der Waals surface area contributed by atoms with Gasteiger partial charge in [0.2, 0.25) is 5.95 Å². The SMILES string of the molecule is Cc1cc(N)c(Cl)nc1F. The number of nitrogen functional groups attached to an aromatic ring is 1. The summed E-state index contributed by atoms with van der Waals surface area (Å²) in [6.45, 7) is 1.58. The minimum absolute atomic E-state index is 0.0168. The predicted molar refractivity (Wildman–Crippen MR) is 38.4 cm³/mol. The summed E-state index contributed by atoms with van der Waals surface area (Å²) in [5.41, 5.74) is 6.04. The van der Waals surface area contributed by atoms with Gasteiger partial charge in [0.25, 0.3) is 0 Å². The fraction of sp³-hybridized carbons (Fsp3) is 0.167. The molecule has 2 N–H and O–H groups in total. The molecule has 54 valence electrons. The van der Waals surface area contributed by atoms with Gasteiger partial charge in [0.15, 0.2) is 5.15 Å². The summed E-state index contributed by atoms with van der Waals surface area (Å²) in [4.78, 5) is 3.35. The molecule has 0 aromatic carbocycles. The summed E-state index contributed by atoms with van der Waals surface area (Å²) in [6.07, 6.45) is 0. The monoisotopic (exact) mass is 160 g/mol. The first-order valence-corrected chi connectivity index (χ1v) is 3.07. The van der Waals surface area contributed by atoms with Crippen molar-refractivity contribution in [2.45, 2.75) is 6.92 Å². The van der Waals surface area contributed by atoms with Crippen molar-refractivity contribution < 1.29 is 4.39 Å². The Hall–Kier alpha value is -0.830. The fourth-order valence-electron chi connectivity index (χ4n) is 0.591. The average Bonchev–Trinajstić information content (AvgIpc) is 1.84. The summed E-state index contributed by atoms with van der Waals surface area (Å²) in [6, 6.07) is 1.45. The highest BCUT2D eigenvalue weighted by Crippen LogP contribution is 2.17. The standard InChI is InChI=1S/C6H6ClFN2/c1-3-2-4(9)5(7)10-6(3)8/h2H,9H2,1H3. The van der Waals surface area contributed by atoms with Crippen LogP contribution in [0.15, 0.2) is 6.07 Å². The lowest BCUT2D eigenvalue weighted by Gasteiger charge is -1.98. The quantitative estimate of drug-likeness (QED) is 0.588. The molecule has 0 amide bonds. The molecule has 10 heavy (non-hydrogen) atoms. The number of aromatic nitrogens is 1. The molecular formula is C6H6ClFN2. The van der Waals surface area contributed by atoms with Crippen LogP contribution in [0.5, 0.6) is 0 Å². The highest BCUT2D eigenvalue weighted by atomic mass is 35.5. The van der Waals surface area contributed by atoms with Crippen LogP contribution in [0.2, 0.25) is 5.15 Å². The second-order valence-electron chi connectivity index (χ2n) is 1.98. The molecule has 0 aliphatic heterocycles. The molecule has 0 aliphatic carbocycles. The molecule has 0 bridgehead atoms. The molecule has 1 heterocycles. The van der Waals surface area contributed by atoms with Gasteiger partial charge < -0.3 is 5.73 Å². The third-order valence-electron chi connectivity index (χ3n) is 1.13. The summed E-state index contributed by atoms with van der Waals surface area (Å²) in [5, 5.41) is 0.0168. The van der Waals surface area contributed by atoms with E-state index in [1.54, 1.807) is 6.92 Å². The van der Waals surface area contributed by atoms with Gasteiger partial charge in [0, 0.05) is 5.56 Å². The lowest BCUT2D eigenvalue weighted by molar-refractivity contribution is 0.575. The van der Waals surface area contributed by atoms with Crippen molar-refractivity contribution in [2.75, 3.05) is 5.73 Å². The second kappa shape index (κ2) is 2.42. The summed E-state index contributed by atoms with van der Waals surface area (Å²) >= 11 is 5.41. The molecule has 0 saturated heterocycles. The molecule has 0 atom stereocenters. The molecular weight excluding hydrogens is 155 g/mol. The smallest absolute Gasteiger partial charge is 0.217 e. The molecule has 0 saturated carbocycles. The zero-order valence-corrected chi connectivity index (χ0v) is 6.11. The minimum Gasteiger partial charge on any atom is -0.396 e. The first-order valence-electron chi connectivity index (χ1n) is 2.69. The Morgan fingerprint density at radius 3 is 2.80 bits per heavy atom.